The summed E-state index contributed by atoms with van der Waals surface area (Å²) >= 11 is 0. The molecule has 1 nitrogen and oxygen atoms in total. The number of fused-ring (bicyclic) bond motifs is 6. The topological polar surface area (TPSA) is 17.1 Å². The van der Waals surface area contributed by atoms with Crippen molar-refractivity contribution in [2.75, 3.05) is 6.66 Å². The van der Waals surface area contributed by atoms with E-state index in [1.54, 1.807) is 0 Å². The van der Waals surface area contributed by atoms with Gasteiger partial charge in [-0.2, -0.15) is 0 Å². The molecule has 0 saturated heterocycles. The zero-order chi connectivity index (χ0) is 16.7. The molecule has 1 heterocycles. The van der Waals surface area contributed by atoms with Gasteiger partial charge in [0.1, 0.15) is 7.14 Å². The summed E-state index contributed by atoms with van der Waals surface area (Å²) in [5.41, 5.74) is 7.54. The first-order chi connectivity index (χ1) is 11.4. The average molecular weight is 330 g/mol. The highest BCUT2D eigenvalue weighted by Crippen LogP contribution is 2.55. The van der Waals surface area contributed by atoms with Gasteiger partial charge in [0.2, 0.25) is 0 Å². The first-order valence-corrected chi connectivity index (χ1v) is 10.5. The molecular formula is C22H19OP. The van der Waals surface area contributed by atoms with Crippen LogP contribution in [0.15, 0.2) is 60.7 Å². The number of hydrogen-bond acceptors (Lipinski definition) is 1. The van der Waals surface area contributed by atoms with Gasteiger partial charge < -0.3 is 4.57 Å². The Balaban J connectivity index is 1.90. The summed E-state index contributed by atoms with van der Waals surface area (Å²) in [6.07, 6.45) is 0. The molecule has 2 heteroatoms. The largest absolute Gasteiger partial charge is 0.314 e. The van der Waals surface area contributed by atoms with Crippen molar-refractivity contribution in [1.82, 2.24) is 0 Å². The Bertz CT molecular complexity index is 1080. The van der Waals surface area contributed by atoms with E-state index >= 15 is 0 Å². The van der Waals surface area contributed by atoms with Crippen LogP contribution < -0.4 is 10.6 Å². The van der Waals surface area contributed by atoms with E-state index in [9.17, 15) is 4.57 Å². The Hall–Kier alpha value is -2.11. The fourth-order valence-corrected chi connectivity index (χ4v) is 6.81. The molecule has 3 aromatic carbocycles. The third-order valence-electron chi connectivity index (χ3n) is 5.81. The van der Waals surface area contributed by atoms with Gasteiger partial charge in [-0.3, -0.25) is 0 Å². The molecule has 3 aromatic rings. The van der Waals surface area contributed by atoms with Crippen LogP contribution in [-0.4, -0.2) is 6.66 Å². The van der Waals surface area contributed by atoms with Crippen molar-refractivity contribution in [3.05, 3.63) is 71.8 Å². The standard InChI is InChI=1S/C22H19OP/c1-22(2)18-10-6-4-8-14(18)16-13-21-17(12-19(16)22)15-9-5-7-11-20(15)24(21,3)23/h4-13H,1-3H3. The molecule has 0 fully saturated rings. The van der Waals surface area contributed by atoms with Crippen molar-refractivity contribution in [3.8, 4) is 22.3 Å². The van der Waals surface area contributed by atoms with E-state index < -0.39 is 7.14 Å². The van der Waals surface area contributed by atoms with E-state index in [0.717, 1.165) is 21.7 Å². The minimum absolute atomic E-state index is 0.0176. The second-order valence-electron chi connectivity index (χ2n) is 7.53. The normalized spacial score (nSPS) is 21.8. The summed E-state index contributed by atoms with van der Waals surface area (Å²) in [6.45, 7) is 6.49. The van der Waals surface area contributed by atoms with E-state index in [4.69, 9.17) is 0 Å². The lowest BCUT2D eigenvalue weighted by atomic mass is 9.81. The maximum absolute atomic E-state index is 13.5. The maximum Gasteiger partial charge on any atom is 0.141 e. The molecule has 1 aliphatic carbocycles. The van der Waals surface area contributed by atoms with Crippen LogP contribution in [0.4, 0.5) is 0 Å². The van der Waals surface area contributed by atoms with Gasteiger partial charge in [0.05, 0.1) is 0 Å². The lowest BCUT2D eigenvalue weighted by Crippen LogP contribution is -2.16. The van der Waals surface area contributed by atoms with Crippen molar-refractivity contribution < 1.29 is 4.57 Å². The van der Waals surface area contributed by atoms with E-state index in [1.807, 2.05) is 24.9 Å². The average Bonchev–Trinajstić information content (AvgIpc) is 2.95. The molecule has 0 bridgehead atoms. The first kappa shape index (κ1) is 14.3. The molecular weight excluding hydrogens is 311 g/mol. The maximum atomic E-state index is 13.5. The molecule has 5 rings (SSSR count). The highest BCUT2D eigenvalue weighted by molar-refractivity contribution is 7.79. The number of benzene rings is 3. The summed E-state index contributed by atoms with van der Waals surface area (Å²) < 4.78 is 13.5. The van der Waals surface area contributed by atoms with Gasteiger partial charge in [-0.05, 0) is 52.2 Å². The fourth-order valence-electron chi connectivity index (χ4n) is 4.51. The highest BCUT2D eigenvalue weighted by atomic mass is 31.2. The lowest BCUT2D eigenvalue weighted by molar-refractivity contribution is 0.591. The Morgan fingerprint density at radius 1 is 0.708 bits per heavy atom. The lowest BCUT2D eigenvalue weighted by Gasteiger charge is -2.22. The monoisotopic (exact) mass is 330 g/mol. The summed E-state index contributed by atoms with van der Waals surface area (Å²) in [4.78, 5) is 0. The van der Waals surface area contributed by atoms with Gasteiger partial charge in [-0.15, -0.1) is 0 Å². The molecule has 24 heavy (non-hydrogen) atoms. The zero-order valence-electron chi connectivity index (χ0n) is 14.1. The Morgan fingerprint density at radius 2 is 1.38 bits per heavy atom. The van der Waals surface area contributed by atoms with Crippen LogP contribution in [0, 0.1) is 0 Å². The molecule has 1 unspecified atom stereocenters. The molecule has 0 saturated carbocycles. The van der Waals surface area contributed by atoms with E-state index in [2.05, 4.69) is 56.3 Å². The third kappa shape index (κ3) is 1.54. The van der Waals surface area contributed by atoms with Crippen LogP contribution in [0.25, 0.3) is 22.3 Å². The van der Waals surface area contributed by atoms with Crippen LogP contribution in [0.3, 0.4) is 0 Å². The Morgan fingerprint density at radius 3 is 2.17 bits per heavy atom. The second-order valence-corrected chi connectivity index (χ2v) is 10.3. The molecule has 0 N–H and O–H groups in total. The quantitative estimate of drug-likeness (QED) is 0.535. The van der Waals surface area contributed by atoms with Crippen molar-refractivity contribution in [3.63, 3.8) is 0 Å². The van der Waals surface area contributed by atoms with Crippen molar-refractivity contribution in [2.45, 2.75) is 19.3 Å². The van der Waals surface area contributed by atoms with E-state index in [1.165, 1.54) is 22.3 Å². The van der Waals surface area contributed by atoms with Crippen LogP contribution in [0.1, 0.15) is 25.0 Å². The number of hydrogen-bond donors (Lipinski definition) is 0. The zero-order valence-corrected chi connectivity index (χ0v) is 15.0. The van der Waals surface area contributed by atoms with E-state index in [0.29, 0.717) is 0 Å². The van der Waals surface area contributed by atoms with Gasteiger partial charge in [-0.1, -0.05) is 62.4 Å². The Kier molecular flexibility index (Phi) is 2.55. The smallest absolute Gasteiger partial charge is 0.141 e. The summed E-state index contributed by atoms with van der Waals surface area (Å²) in [5, 5.41) is 2.03. The van der Waals surface area contributed by atoms with E-state index in [-0.39, 0.29) is 5.41 Å². The van der Waals surface area contributed by atoms with Crippen molar-refractivity contribution in [2.24, 2.45) is 0 Å². The van der Waals surface area contributed by atoms with Crippen molar-refractivity contribution in [1.29, 1.82) is 0 Å². The van der Waals surface area contributed by atoms with Crippen LogP contribution in [0.2, 0.25) is 0 Å². The molecule has 0 radical (unpaired) electrons. The van der Waals surface area contributed by atoms with Crippen molar-refractivity contribution >= 4 is 17.8 Å². The molecule has 1 atom stereocenters. The second kappa shape index (κ2) is 4.29. The summed E-state index contributed by atoms with van der Waals surface area (Å²) in [7, 11) is -2.51. The van der Waals surface area contributed by atoms with Crippen LogP contribution in [0.5, 0.6) is 0 Å². The van der Waals surface area contributed by atoms with Gasteiger partial charge in [0.25, 0.3) is 0 Å². The summed E-state index contributed by atoms with van der Waals surface area (Å²) in [6, 6.07) is 21.3. The SMILES string of the molecule is CC1(C)c2ccccc2-c2cc3c(cc21)-c1ccccc1P3(C)=O. The molecule has 0 aromatic heterocycles. The molecule has 0 spiro atoms. The van der Waals surface area contributed by atoms with Gasteiger partial charge in [-0.25, -0.2) is 0 Å². The molecule has 1 aliphatic heterocycles. The highest BCUT2D eigenvalue weighted by Gasteiger charge is 2.40. The predicted molar refractivity (Wildman–Crippen MR) is 102 cm³/mol. The molecule has 118 valence electrons. The third-order valence-corrected chi connectivity index (χ3v) is 8.41. The predicted octanol–water partition coefficient (Wildman–Crippen LogP) is 4.92. The first-order valence-electron chi connectivity index (χ1n) is 8.39. The van der Waals surface area contributed by atoms with Gasteiger partial charge in [0.15, 0.2) is 0 Å². The van der Waals surface area contributed by atoms with Crippen LogP contribution in [-0.2, 0) is 9.98 Å². The fraction of sp³-hybridized carbons (Fsp3) is 0.182. The van der Waals surface area contributed by atoms with Gasteiger partial charge in [0, 0.05) is 16.0 Å². The minimum Gasteiger partial charge on any atom is -0.314 e. The molecule has 0 amide bonds. The summed E-state index contributed by atoms with van der Waals surface area (Å²) in [5.74, 6) is 0. The minimum atomic E-state index is -2.51. The number of rotatable bonds is 0. The van der Waals surface area contributed by atoms with Crippen LogP contribution >= 0.6 is 7.14 Å². The molecule has 2 aliphatic rings. The van der Waals surface area contributed by atoms with Gasteiger partial charge >= 0.3 is 0 Å². The Labute approximate surface area is 142 Å².